The van der Waals surface area contributed by atoms with Crippen LogP contribution in [0.1, 0.15) is 48.5 Å². The highest BCUT2D eigenvalue weighted by Gasteiger charge is 2.13. The summed E-state index contributed by atoms with van der Waals surface area (Å²) in [6, 6.07) is 18.8. The first-order valence-corrected chi connectivity index (χ1v) is 11.8. The van der Waals surface area contributed by atoms with E-state index in [9.17, 15) is 9.59 Å². The smallest absolute Gasteiger partial charge is 0.343 e. The summed E-state index contributed by atoms with van der Waals surface area (Å²) >= 11 is 0. The Kier molecular flexibility index (Phi) is 7.83. The van der Waals surface area contributed by atoms with E-state index in [-0.39, 0.29) is 16.9 Å². The van der Waals surface area contributed by atoms with Crippen LogP contribution in [-0.4, -0.2) is 12.6 Å². The quantitative estimate of drug-likeness (QED) is 0.140. The Balaban J connectivity index is 1.40. The van der Waals surface area contributed by atoms with Crippen LogP contribution in [0.2, 0.25) is 0 Å². The molecule has 0 saturated carbocycles. The summed E-state index contributed by atoms with van der Waals surface area (Å²) in [7, 11) is 0. The molecule has 0 unspecified atom stereocenters. The lowest BCUT2D eigenvalue weighted by atomic mass is 10.2. The molecule has 4 rings (SSSR count). The first kappa shape index (κ1) is 24.1. The van der Waals surface area contributed by atoms with Gasteiger partial charge >= 0.3 is 5.97 Å². The second-order valence-corrected chi connectivity index (χ2v) is 8.33. The van der Waals surface area contributed by atoms with Gasteiger partial charge in [-0.15, -0.1) is 0 Å². The predicted molar refractivity (Wildman–Crippen MR) is 135 cm³/mol. The van der Waals surface area contributed by atoms with Crippen LogP contribution in [0.5, 0.6) is 23.0 Å². The number of aryl methyl sites for hydroxylation is 1. The number of fused-ring (bicyclic) bond motifs is 1. The van der Waals surface area contributed by atoms with Crippen molar-refractivity contribution in [1.29, 1.82) is 0 Å². The van der Waals surface area contributed by atoms with E-state index in [0.29, 0.717) is 34.6 Å². The number of hydrogen-bond acceptors (Lipinski definition) is 6. The van der Waals surface area contributed by atoms with Gasteiger partial charge in [0.2, 0.25) is 11.2 Å². The van der Waals surface area contributed by atoms with Gasteiger partial charge in [-0.1, -0.05) is 43.9 Å². The second kappa shape index (κ2) is 11.4. The molecule has 180 valence electrons. The first-order chi connectivity index (χ1) is 17.0. The zero-order valence-electron chi connectivity index (χ0n) is 19.9. The molecule has 0 aliphatic carbocycles. The number of carbonyl (C=O) groups excluding carboxylic acids is 1. The summed E-state index contributed by atoms with van der Waals surface area (Å²) in [5.41, 5.74) is 1.47. The van der Waals surface area contributed by atoms with Crippen molar-refractivity contribution in [2.75, 3.05) is 6.61 Å². The van der Waals surface area contributed by atoms with Gasteiger partial charge in [0.1, 0.15) is 29.1 Å². The van der Waals surface area contributed by atoms with Gasteiger partial charge in [-0.25, -0.2) is 4.79 Å². The van der Waals surface area contributed by atoms with Crippen molar-refractivity contribution in [2.24, 2.45) is 0 Å². The summed E-state index contributed by atoms with van der Waals surface area (Å²) in [4.78, 5) is 25.4. The predicted octanol–water partition coefficient (Wildman–Crippen LogP) is 7.07. The molecule has 6 heteroatoms. The summed E-state index contributed by atoms with van der Waals surface area (Å²) < 4.78 is 22.5. The number of benzene rings is 3. The molecule has 0 aliphatic heterocycles. The highest BCUT2D eigenvalue weighted by Crippen LogP contribution is 2.25. The van der Waals surface area contributed by atoms with Crippen molar-refractivity contribution in [3.05, 3.63) is 94.3 Å². The molecule has 6 nitrogen and oxygen atoms in total. The fourth-order valence-electron chi connectivity index (χ4n) is 3.53. The molecule has 1 aromatic heterocycles. The first-order valence-electron chi connectivity index (χ1n) is 11.8. The van der Waals surface area contributed by atoms with E-state index >= 15 is 0 Å². The van der Waals surface area contributed by atoms with E-state index in [0.717, 1.165) is 18.4 Å². The zero-order valence-corrected chi connectivity index (χ0v) is 19.9. The van der Waals surface area contributed by atoms with Gasteiger partial charge in [-0.3, -0.25) is 4.79 Å². The van der Waals surface area contributed by atoms with Gasteiger partial charge in [-0.2, -0.15) is 0 Å². The van der Waals surface area contributed by atoms with Crippen LogP contribution in [0, 0.1) is 6.92 Å². The lowest BCUT2D eigenvalue weighted by molar-refractivity contribution is 0.0735. The van der Waals surface area contributed by atoms with Gasteiger partial charge in [0.05, 0.1) is 17.6 Å². The topological polar surface area (TPSA) is 75.0 Å². The summed E-state index contributed by atoms with van der Waals surface area (Å²) in [6.07, 6.45) is 5.80. The minimum Gasteiger partial charge on any atom is -0.494 e. The number of rotatable bonds is 10. The molecule has 0 radical (unpaired) electrons. The Bertz CT molecular complexity index is 1340. The van der Waals surface area contributed by atoms with Crippen LogP contribution in [-0.2, 0) is 0 Å². The van der Waals surface area contributed by atoms with E-state index in [1.54, 1.807) is 48.5 Å². The maximum Gasteiger partial charge on any atom is 0.343 e. The van der Waals surface area contributed by atoms with Crippen molar-refractivity contribution in [3.63, 3.8) is 0 Å². The highest BCUT2D eigenvalue weighted by molar-refractivity contribution is 5.91. The van der Waals surface area contributed by atoms with E-state index in [1.807, 2.05) is 19.1 Å². The molecule has 0 amide bonds. The van der Waals surface area contributed by atoms with Crippen LogP contribution < -0.4 is 19.6 Å². The third kappa shape index (κ3) is 6.29. The average Bonchev–Trinajstić information content (AvgIpc) is 2.87. The van der Waals surface area contributed by atoms with Gasteiger partial charge in [0.15, 0.2) is 0 Å². The number of esters is 1. The maximum absolute atomic E-state index is 12.8. The standard InChI is InChI=1S/C29H28O6/c1-3-4-5-6-17-32-22-13-9-21(10-14-22)29(31)35-24-15-16-25-26(18-24)33-19-27(28(25)30)34-23-11-7-20(2)8-12-23/h7-16,18-19H,3-6,17H2,1-2H3. The fourth-order valence-corrected chi connectivity index (χ4v) is 3.53. The lowest BCUT2D eigenvalue weighted by Gasteiger charge is -2.08. The third-order valence-electron chi connectivity index (χ3n) is 5.53. The van der Waals surface area contributed by atoms with Gasteiger partial charge < -0.3 is 18.6 Å². The molecule has 0 fully saturated rings. The van der Waals surface area contributed by atoms with Crippen LogP contribution >= 0.6 is 0 Å². The van der Waals surface area contributed by atoms with Crippen LogP contribution in [0.3, 0.4) is 0 Å². The van der Waals surface area contributed by atoms with Crippen molar-refractivity contribution in [3.8, 4) is 23.0 Å². The van der Waals surface area contributed by atoms with Gasteiger partial charge in [-0.05, 0) is 61.9 Å². The summed E-state index contributed by atoms with van der Waals surface area (Å²) in [5, 5.41) is 0.329. The van der Waals surface area contributed by atoms with E-state index in [4.69, 9.17) is 18.6 Å². The second-order valence-electron chi connectivity index (χ2n) is 8.33. The molecule has 35 heavy (non-hydrogen) atoms. The lowest BCUT2D eigenvalue weighted by Crippen LogP contribution is -2.09. The minimum atomic E-state index is -0.513. The number of carbonyl (C=O) groups is 1. The van der Waals surface area contributed by atoms with Gasteiger partial charge in [0, 0.05) is 6.07 Å². The van der Waals surface area contributed by atoms with Crippen molar-refractivity contribution in [2.45, 2.75) is 39.5 Å². The Morgan fingerprint density at radius 1 is 0.857 bits per heavy atom. The monoisotopic (exact) mass is 472 g/mol. The van der Waals surface area contributed by atoms with Crippen molar-refractivity contribution < 1.29 is 23.4 Å². The Morgan fingerprint density at radius 2 is 1.57 bits per heavy atom. The number of hydrogen-bond donors (Lipinski definition) is 0. The molecule has 3 aromatic carbocycles. The van der Waals surface area contributed by atoms with Crippen LogP contribution in [0.15, 0.2) is 82.2 Å². The Hall–Kier alpha value is -4.06. The SMILES string of the molecule is CCCCCCOc1ccc(C(=O)Oc2ccc3c(=O)c(Oc4ccc(C)cc4)coc3c2)cc1. The minimum absolute atomic E-state index is 0.0822. The van der Waals surface area contributed by atoms with Gasteiger partial charge in [0.25, 0.3) is 0 Å². The molecule has 4 aromatic rings. The van der Waals surface area contributed by atoms with Crippen molar-refractivity contribution >= 4 is 16.9 Å². The summed E-state index contributed by atoms with van der Waals surface area (Å²) in [5.74, 6) is 1.10. The number of unbranched alkanes of at least 4 members (excludes halogenated alkanes) is 3. The highest BCUT2D eigenvalue weighted by atomic mass is 16.5. The van der Waals surface area contributed by atoms with E-state index < -0.39 is 5.97 Å². The molecular formula is C29H28O6. The third-order valence-corrected chi connectivity index (χ3v) is 5.53. The molecule has 1 heterocycles. The van der Waals surface area contributed by atoms with Crippen LogP contribution in [0.25, 0.3) is 11.0 Å². The largest absolute Gasteiger partial charge is 0.494 e. The Labute approximate surface area is 204 Å². The molecule has 0 aliphatic rings. The molecular weight excluding hydrogens is 444 g/mol. The van der Waals surface area contributed by atoms with E-state index in [1.165, 1.54) is 25.2 Å². The van der Waals surface area contributed by atoms with E-state index in [2.05, 4.69) is 6.92 Å². The van der Waals surface area contributed by atoms with Crippen LogP contribution in [0.4, 0.5) is 0 Å². The number of ether oxygens (including phenoxy) is 3. The summed E-state index contributed by atoms with van der Waals surface area (Å²) in [6.45, 7) is 4.80. The molecule has 0 spiro atoms. The average molecular weight is 473 g/mol. The van der Waals surface area contributed by atoms with Crippen molar-refractivity contribution in [1.82, 2.24) is 0 Å². The normalized spacial score (nSPS) is 10.8. The molecule has 0 bridgehead atoms. The fraction of sp³-hybridized carbons (Fsp3) is 0.241. The Morgan fingerprint density at radius 3 is 2.31 bits per heavy atom. The molecule has 0 N–H and O–H groups in total. The molecule has 0 atom stereocenters. The zero-order chi connectivity index (χ0) is 24.6. The molecule has 0 saturated heterocycles. The maximum atomic E-state index is 12.8.